The van der Waals surface area contributed by atoms with Crippen molar-refractivity contribution in [2.75, 3.05) is 0 Å². The summed E-state index contributed by atoms with van der Waals surface area (Å²) in [7, 11) is -3.97. The first kappa shape index (κ1) is 21.2. The molecule has 9 heteroatoms. The van der Waals surface area contributed by atoms with E-state index in [4.69, 9.17) is 0 Å². The first-order chi connectivity index (χ1) is 14.8. The number of aryl methyl sites for hydroxylation is 1. The van der Waals surface area contributed by atoms with Crippen molar-refractivity contribution >= 4 is 37.4 Å². The van der Waals surface area contributed by atoms with Gasteiger partial charge in [0.25, 0.3) is 15.7 Å². The average molecular weight is 500 g/mol. The van der Waals surface area contributed by atoms with Crippen LogP contribution in [0.15, 0.2) is 87.3 Å². The molecule has 0 unspecified atom stereocenters. The van der Waals surface area contributed by atoms with Gasteiger partial charge in [0.1, 0.15) is 0 Å². The second kappa shape index (κ2) is 8.24. The predicted molar refractivity (Wildman–Crippen MR) is 121 cm³/mol. The van der Waals surface area contributed by atoms with Crippen molar-refractivity contribution in [3.05, 3.63) is 104 Å². The van der Waals surface area contributed by atoms with Gasteiger partial charge in [0.15, 0.2) is 0 Å². The molecule has 0 spiro atoms. The topological polar surface area (TPSA) is 92.9 Å². The molecule has 4 rings (SSSR count). The van der Waals surface area contributed by atoms with Gasteiger partial charge in [0.05, 0.1) is 21.6 Å². The number of hydrazone groups is 1. The van der Waals surface area contributed by atoms with E-state index in [0.717, 1.165) is 20.0 Å². The lowest BCUT2D eigenvalue weighted by Crippen LogP contribution is -2.27. The number of nitro groups is 1. The standard InChI is InChI=1S/C22H18BrN3O4S/c1-15-5-11-20(12-6-15)31(29,30)25-22(17-3-2-4-19(13-17)26(27)28)14-21(24-25)16-7-9-18(23)10-8-16/h2-13,22H,14H2,1H3/t22-/m0/s1. The van der Waals surface area contributed by atoms with Crippen LogP contribution in [0, 0.1) is 17.0 Å². The number of benzene rings is 3. The maximum Gasteiger partial charge on any atom is 0.279 e. The summed E-state index contributed by atoms with van der Waals surface area (Å²) in [6.07, 6.45) is 0.299. The zero-order valence-electron chi connectivity index (χ0n) is 16.5. The van der Waals surface area contributed by atoms with Crippen molar-refractivity contribution in [2.45, 2.75) is 24.3 Å². The molecule has 1 atom stereocenters. The van der Waals surface area contributed by atoms with Gasteiger partial charge in [-0.3, -0.25) is 10.1 Å². The molecule has 0 amide bonds. The maximum absolute atomic E-state index is 13.5. The number of rotatable bonds is 5. The monoisotopic (exact) mass is 499 g/mol. The number of hydrogen-bond donors (Lipinski definition) is 0. The minimum atomic E-state index is -3.97. The van der Waals surface area contributed by atoms with Gasteiger partial charge in [-0.05, 0) is 42.3 Å². The largest absolute Gasteiger partial charge is 0.279 e. The molecule has 158 valence electrons. The molecule has 7 nitrogen and oxygen atoms in total. The Morgan fingerprint density at radius 1 is 1.06 bits per heavy atom. The summed E-state index contributed by atoms with van der Waals surface area (Å²) in [6.45, 7) is 1.88. The zero-order chi connectivity index (χ0) is 22.2. The summed E-state index contributed by atoms with van der Waals surface area (Å²) in [6, 6.07) is 19.3. The summed E-state index contributed by atoms with van der Waals surface area (Å²) < 4.78 is 28.9. The molecule has 3 aromatic carbocycles. The van der Waals surface area contributed by atoms with Crippen LogP contribution in [0.25, 0.3) is 0 Å². The van der Waals surface area contributed by atoms with E-state index >= 15 is 0 Å². The Labute approximate surface area is 188 Å². The van der Waals surface area contributed by atoms with Gasteiger partial charge in [-0.2, -0.15) is 17.9 Å². The van der Waals surface area contributed by atoms with Gasteiger partial charge in [-0.25, -0.2) is 0 Å². The Balaban J connectivity index is 1.81. The Kier molecular flexibility index (Phi) is 5.63. The van der Waals surface area contributed by atoms with Crippen LogP contribution >= 0.6 is 15.9 Å². The van der Waals surface area contributed by atoms with Crippen molar-refractivity contribution in [1.29, 1.82) is 0 Å². The average Bonchev–Trinajstić information content (AvgIpc) is 3.21. The summed E-state index contributed by atoms with van der Waals surface area (Å²) in [5.41, 5.74) is 2.75. The van der Waals surface area contributed by atoms with Gasteiger partial charge in [-0.1, -0.05) is 57.9 Å². The molecule has 0 N–H and O–H groups in total. The predicted octanol–water partition coefficient (Wildman–Crippen LogP) is 5.21. The minimum Gasteiger partial charge on any atom is -0.258 e. The molecule has 0 saturated heterocycles. The van der Waals surface area contributed by atoms with Crippen molar-refractivity contribution in [3.63, 3.8) is 0 Å². The molecule has 31 heavy (non-hydrogen) atoms. The van der Waals surface area contributed by atoms with Gasteiger partial charge >= 0.3 is 0 Å². The Bertz CT molecular complexity index is 1270. The van der Waals surface area contributed by atoms with E-state index < -0.39 is 21.0 Å². The van der Waals surface area contributed by atoms with Crippen molar-refractivity contribution in [1.82, 2.24) is 4.41 Å². The molecule has 0 aliphatic carbocycles. The van der Waals surface area contributed by atoms with Gasteiger partial charge in [0, 0.05) is 23.0 Å². The number of hydrogen-bond acceptors (Lipinski definition) is 5. The fraction of sp³-hybridized carbons (Fsp3) is 0.136. The second-order valence-electron chi connectivity index (χ2n) is 7.22. The van der Waals surface area contributed by atoms with E-state index in [9.17, 15) is 18.5 Å². The smallest absolute Gasteiger partial charge is 0.258 e. The molecule has 0 saturated carbocycles. The Morgan fingerprint density at radius 3 is 2.39 bits per heavy atom. The van der Waals surface area contributed by atoms with E-state index in [0.29, 0.717) is 17.7 Å². The zero-order valence-corrected chi connectivity index (χ0v) is 18.9. The third-order valence-electron chi connectivity index (χ3n) is 5.08. The quantitative estimate of drug-likeness (QED) is 0.355. The summed E-state index contributed by atoms with van der Waals surface area (Å²) in [4.78, 5) is 10.9. The minimum absolute atomic E-state index is 0.0951. The molecule has 1 heterocycles. The van der Waals surface area contributed by atoms with Gasteiger partial charge in [-0.15, -0.1) is 0 Å². The van der Waals surface area contributed by atoms with E-state index in [-0.39, 0.29) is 10.6 Å². The van der Waals surface area contributed by atoms with Crippen molar-refractivity contribution in [2.24, 2.45) is 5.10 Å². The molecular weight excluding hydrogens is 482 g/mol. The van der Waals surface area contributed by atoms with E-state index in [2.05, 4.69) is 21.0 Å². The van der Waals surface area contributed by atoms with E-state index in [1.54, 1.807) is 36.4 Å². The number of nitrogens with zero attached hydrogens (tertiary/aromatic N) is 3. The highest BCUT2D eigenvalue weighted by Crippen LogP contribution is 2.38. The fourth-order valence-electron chi connectivity index (χ4n) is 3.44. The number of halogens is 1. The lowest BCUT2D eigenvalue weighted by molar-refractivity contribution is -0.384. The SMILES string of the molecule is Cc1ccc(S(=O)(=O)N2N=C(c3ccc(Br)cc3)C[C@H]2c2cccc([N+](=O)[O-])c2)cc1. The van der Waals surface area contributed by atoms with E-state index in [1.165, 1.54) is 12.1 Å². The van der Waals surface area contributed by atoms with Crippen LogP contribution in [-0.2, 0) is 10.0 Å². The number of sulfonamides is 1. The molecule has 0 bridgehead atoms. The third kappa shape index (κ3) is 4.24. The number of non-ortho nitro benzene ring substituents is 1. The number of nitro benzene ring substituents is 1. The molecule has 1 aliphatic heterocycles. The van der Waals surface area contributed by atoms with Crippen LogP contribution in [0.4, 0.5) is 5.69 Å². The molecule has 0 radical (unpaired) electrons. The highest BCUT2D eigenvalue weighted by Gasteiger charge is 2.38. The molecular formula is C22H18BrN3O4S. The third-order valence-corrected chi connectivity index (χ3v) is 7.31. The normalized spacial score (nSPS) is 16.3. The molecule has 0 aromatic heterocycles. The van der Waals surface area contributed by atoms with Crippen LogP contribution in [0.1, 0.15) is 29.2 Å². The molecule has 0 fully saturated rings. The summed E-state index contributed by atoms with van der Waals surface area (Å²) in [5.74, 6) is 0. The van der Waals surface area contributed by atoms with Gasteiger partial charge in [0.2, 0.25) is 0 Å². The lowest BCUT2D eigenvalue weighted by Gasteiger charge is -2.23. The highest BCUT2D eigenvalue weighted by atomic mass is 79.9. The van der Waals surface area contributed by atoms with Crippen molar-refractivity contribution < 1.29 is 13.3 Å². The van der Waals surface area contributed by atoms with Crippen LogP contribution in [-0.4, -0.2) is 23.5 Å². The molecule has 1 aliphatic rings. The lowest BCUT2D eigenvalue weighted by atomic mass is 9.99. The van der Waals surface area contributed by atoms with E-state index in [1.807, 2.05) is 31.2 Å². The molecule has 3 aromatic rings. The van der Waals surface area contributed by atoms with Crippen LogP contribution in [0.5, 0.6) is 0 Å². The highest BCUT2D eigenvalue weighted by molar-refractivity contribution is 9.10. The summed E-state index contributed by atoms with van der Waals surface area (Å²) in [5, 5.41) is 15.7. The van der Waals surface area contributed by atoms with Crippen LogP contribution < -0.4 is 0 Å². The van der Waals surface area contributed by atoms with Gasteiger partial charge < -0.3 is 0 Å². The summed E-state index contributed by atoms with van der Waals surface area (Å²) >= 11 is 3.39. The van der Waals surface area contributed by atoms with Crippen molar-refractivity contribution in [3.8, 4) is 0 Å². The fourth-order valence-corrected chi connectivity index (χ4v) is 5.14. The Morgan fingerprint density at radius 2 is 1.74 bits per heavy atom. The maximum atomic E-state index is 13.5. The van der Waals surface area contributed by atoms with Crippen LogP contribution in [0.2, 0.25) is 0 Å². The first-order valence-corrected chi connectivity index (χ1v) is 11.7. The Hall–Kier alpha value is -3.04. The van der Waals surface area contributed by atoms with Crippen LogP contribution in [0.3, 0.4) is 0 Å². The second-order valence-corrected chi connectivity index (χ2v) is 9.93. The first-order valence-electron chi connectivity index (χ1n) is 9.44.